The van der Waals surface area contributed by atoms with Crippen molar-refractivity contribution in [1.29, 1.82) is 0 Å². The molecule has 0 spiro atoms. The Morgan fingerprint density at radius 3 is 2.93 bits per heavy atom. The van der Waals surface area contributed by atoms with Crippen LogP contribution in [-0.4, -0.2) is 25.7 Å². The number of anilines is 1. The quantitative estimate of drug-likeness (QED) is 0.773. The van der Waals surface area contributed by atoms with Gasteiger partial charge in [-0.2, -0.15) is 0 Å². The van der Waals surface area contributed by atoms with E-state index in [0.717, 1.165) is 11.3 Å². The zero-order chi connectivity index (χ0) is 11.3. The largest absolute Gasteiger partial charge is 0.383 e. The number of benzene rings is 1. The number of nitrogens with two attached hydrogens (primary N) is 1. The summed E-state index contributed by atoms with van der Waals surface area (Å²) in [5, 5.41) is 2.72. The highest BCUT2D eigenvalue weighted by Crippen LogP contribution is 2.09. The second kappa shape index (κ2) is 5.48. The number of hydrogen-bond donors (Lipinski definition) is 2. The molecule has 15 heavy (non-hydrogen) atoms. The van der Waals surface area contributed by atoms with Crippen molar-refractivity contribution in [2.75, 3.05) is 19.0 Å². The molecule has 4 nitrogen and oxygen atoms in total. The Labute approximate surface area is 89.4 Å². The monoisotopic (exact) mass is 208 g/mol. The fraction of sp³-hybridized carbons (Fsp3) is 0.364. The number of methoxy groups -OCH3 is 1. The van der Waals surface area contributed by atoms with E-state index in [0.29, 0.717) is 0 Å². The Bertz CT molecular complexity index is 339. The average Bonchev–Trinajstić information content (AvgIpc) is 2.18. The van der Waals surface area contributed by atoms with Crippen molar-refractivity contribution in [3.8, 4) is 0 Å². The first-order valence-electron chi connectivity index (χ1n) is 4.75. The minimum Gasteiger partial charge on any atom is -0.383 e. The first-order chi connectivity index (χ1) is 7.13. The van der Waals surface area contributed by atoms with Crippen molar-refractivity contribution in [3.63, 3.8) is 0 Å². The van der Waals surface area contributed by atoms with Crippen LogP contribution in [0.15, 0.2) is 24.3 Å². The van der Waals surface area contributed by atoms with Gasteiger partial charge in [0, 0.05) is 12.8 Å². The predicted octanol–water partition coefficient (Wildman–Crippen LogP) is 0.907. The van der Waals surface area contributed by atoms with Gasteiger partial charge >= 0.3 is 0 Å². The molecule has 0 fully saturated rings. The molecule has 3 N–H and O–H groups in total. The highest BCUT2D eigenvalue weighted by atomic mass is 16.5. The molecule has 1 unspecified atom stereocenters. The van der Waals surface area contributed by atoms with Crippen molar-refractivity contribution in [2.45, 2.75) is 13.0 Å². The number of nitrogens with one attached hydrogen (secondary N) is 1. The number of hydrogen-bond acceptors (Lipinski definition) is 3. The van der Waals surface area contributed by atoms with E-state index < -0.39 is 6.04 Å². The Kier molecular flexibility index (Phi) is 4.27. The van der Waals surface area contributed by atoms with Gasteiger partial charge in [-0.1, -0.05) is 12.1 Å². The topological polar surface area (TPSA) is 64.3 Å². The minimum absolute atomic E-state index is 0.220. The summed E-state index contributed by atoms with van der Waals surface area (Å²) in [6, 6.07) is 6.93. The molecule has 4 heteroatoms. The zero-order valence-corrected chi connectivity index (χ0v) is 8.99. The Hall–Kier alpha value is -1.39. The molecule has 82 valence electrons. The van der Waals surface area contributed by atoms with E-state index in [1.807, 2.05) is 31.2 Å². The van der Waals surface area contributed by atoms with Crippen LogP contribution in [0.4, 0.5) is 5.69 Å². The number of aryl methyl sites for hydroxylation is 1. The van der Waals surface area contributed by atoms with E-state index in [9.17, 15) is 4.79 Å². The normalized spacial score (nSPS) is 12.2. The summed E-state index contributed by atoms with van der Waals surface area (Å²) < 4.78 is 4.80. The van der Waals surface area contributed by atoms with Crippen LogP contribution in [0.25, 0.3) is 0 Å². The summed E-state index contributed by atoms with van der Waals surface area (Å²) in [6.45, 7) is 2.18. The van der Waals surface area contributed by atoms with Gasteiger partial charge in [0.15, 0.2) is 0 Å². The molecule has 0 saturated carbocycles. The molecule has 0 aliphatic heterocycles. The summed E-state index contributed by atoms with van der Waals surface area (Å²) in [5.74, 6) is -0.234. The van der Waals surface area contributed by atoms with E-state index in [4.69, 9.17) is 10.5 Å². The molecule has 0 aliphatic carbocycles. The summed E-state index contributed by atoms with van der Waals surface area (Å²) in [5.41, 5.74) is 7.42. The predicted molar refractivity (Wildman–Crippen MR) is 59.7 cm³/mol. The summed E-state index contributed by atoms with van der Waals surface area (Å²) in [4.78, 5) is 11.5. The van der Waals surface area contributed by atoms with Crippen LogP contribution in [0.2, 0.25) is 0 Å². The van der Waals surface area contributed by atoms with Crippen molar-refractivity contribution >= 4 is 11.6 Å². The molecule has 1 aromatic carbocycles. The summed E-state index contributed by atoms with van der Waals surface area (Å²) >= 11 is 0. The molecule has 0 aromatic heterocycles. The number of ether oxygens (including phenoxy) is 1. The first-order valence-corrected chi connectivity index (χ1v) is 4.75. The van der Waals surface area contributed by atoms with Crippen molar-refractivity contribution < 1.29 is 9.53 Å². The van der Waals surface area contributed by atoms with Gasteiger partial charge in [0.1, 0.15) is 6.04 Å². The van der Waals surface area contributed by atoms with Gasteiger partial charge in [-0.25, -0.2) is 0 Å². The second-order valence-electron chi connectivity index (χ2n) is 3.42. The van der Waals surface area contributed by atoms with Crippen LogP contribution in [-0.2, 0) is 9.53 Å². The van der Waals surface area contributed by atoms with Crippen LogP contribution >= 0.6 is 0 Å². The first kappa shape index (κ1) is 11.7. The van der Waals surface area contributed by atoms with Gasteiger partial charge in [0.25, 0.3) is 0 Å². The van der Waals surface area contributed by atoms with Gasteiger partial charge < -0.3 is 15.8 Å². The lowest BCUT2D eigenvalue weighted by atomic mass is 10.2. The van der Waals surface area contributed by atoms with Crippen molar-refractivity contribution in [2.24, 2.45) is 5.73 Å². The fourth-order valence-electron chi connectivity index (χ4n) is 1.21. The lowest BCUT2D eigenvalue weighted by Gasteiger charge is -2.11. The second-order valence-corrected chi connectivity index (χ2v) is 3.42. The number of carbonyl (C=O) groups excluding carboxylic acids is 1. The molecule has 1 atom stereocenters. The van der Waals surface area contributed by atoms with Crippen LogP contribution in [0.3, 0.4) is 0 Å². The standard InChI is InChI=1S/C11H16N2O2/c1-8-4-3-5-9(6-8)13-11(14)10(12)7-15-2/h3-6,10H,7,12H2,1-2H3,(H,13,14). The van der Waals surface area contributed by atoms with Gasteiger partial charge in [0.05, 0.1) is 6.61 Å². The van der Waals surface area contributed by atoms with E-state index in [1.165, 1.54) is 7.11 Å². The highest BCUT2D eigenvalue weighted by Gasteiger charge is 2.12. The smallest absolute Gasteiger partial charge is 0.243 e. The maximum atomic E-state index is 11.5. The molecule has 0 radical (unpaired) electrons. The van der Waals surface area contributed by atoms with E-state index >= 15 is 0 Å². The third-order valence-corrected chi connectivity index (χ3v) is 1.97. The molecular weight excluding hydrogens is 192 g/mol. The molecule has 1 rings (SSSR count). The van der Waals surface area contributed by atoms with E-state index in [1.54, 1.807) is 0 Å². The van der Waals surface area contributed by atoms with Crippen LogP contribution in [0.5, 0.6) is 0 Å². The number of rotatable bonds is 4. The molecule has 0 saturated heterocycles. The maximum Gasteiger partial charge on any atom is 0.243 e. The SMILES string of the molecule is COCC(N)C(=O)Nc1cccc(C)c1. The molecule has 1 aromatic rings. The third-order valence-electron chi connectivity index (χ3n) is 1.97. The van der Waals surface area contributed by atoms with Crippen molar-refractivity contribution in [3.05, 3.63) is 29.8 Å². The third kappa shape index (κ3) is 3.69. The van der Waals surface area contributed by atoms with Gasteiger partial charge in [-0.05, 0) is 24.6 Å². The number of amides is 1. The van der Waals surface area contributed by atoms with Crippen LogP contribution < -0.4 is 11.1 Å². The lowest BCUT2D eigenvalue weighted by molar-refractivity contribution is -0.118. The fourth-order valence-corrected chi connectivity index (χ4v) is 1.21. The lowest BCUT2D eigenvalue weighted by Crippen LogP contribution is -2.39. The number of carbonyl (C=O) groups is 1. The Balaban J connectivity index is 2.58. The molecule has 0 bridgehead atoms. The van der Waals surface area contributed by atoms with Crippen LogP contribution in [0.1, 0.15) is 5.56 Å². The average molecular weight is 208 g/mol. The van der Waals surface area contributed by atoms with Crippen LogP contribution in [0, 0.1) is 6.92 Å². The maximum absolute atomic E-state index is 11.5. The van der Waals surface area contributed by atoms with Gasteiger partial charge in [-0.3, -0.25) is 4.79 Å². The van der Waals surface area contributed by atoms with E-state index in [2.05, 4.69) is 5.32 Å². The zero-order valence-electron chi connectivity index (χ0n) is 8.99. The Morgan fingerprint density at radius 2 is 2.33 bits per heavy atom. The summed E-state index contributed by atoms with van der Waals surface area (Å²) in [6.07, 6.45) is 0. The molecule has 1 amide bonds. The molecular formula is C11H16N2O2. The highest BCUT2D eigenvalue weighted by molar-refractivity contribution is 5.94. The molecule has 0 aliphatic rings. The van der Waals surface area contributed by atoms with Gasteiger partial charge in [0.2, 0.25) is 5.91 Å². The van der Waals surface area contributed by atoms with Crippen molar-refractivity contribution in [1.82, 2.24) is 0 Å². The summed E-state index contributed by atoms with van der Waals surface area (Å²) in [7, 11) is 1.51. The minimum atomic E-state index is -0.629. The van der Waals surface area contributed by atoms with E-state index in [-0.39, 0.29) is 12.5 Å². The van der Waals surface area contributed by atoms with Gasteiger partial charge in [-0.15, -0.1) is 0 Å². The Morgan fingerprint density at radius 1 is 1.60 bits per heavy atom. The molecule has 0 heterocycles.